The number of hydrogen-bond donors (Lipinski definition) is 0. The molecular weight excluding hydrogens is 485 g/mol. The van der Waals surface area contributed by atoms with E-state index in [4.69, 9.17) is 0 Å². The number of benzene rings is 1. The van der Waals surface area contributed by atoms with Gasteiger partial charge in [-0.25, -0.2) is 36.5 Å². The van der Waals surface area contributed by atoms with Crippen LogP contribution in [0.25, 0.3) is 28.4 Å². The van der Waals surface area contributed by atoms with Crippen LogP contribution in [0.4, 0.5) is 13.2 Å². The summed E-state index contributed by atoms with van der Waals surface area (Å²) < 4.78 is 90.6. The number of aromatic nitrogens is 6. The van der Waals surface area contributed by atoms with Crippen molar-refractivity contribution >= 4 is 30.7 Å². The molecule has 3 heterocycles. The smallest absolute Gasteiger partial charge is 0.326 e. The molecule has 0 saturated heterocycles. The maximum absolute atomic E-state index is 13.0. The molecule has 3 aromatic heterocycles. The molecule has 10 nitrogen and oxygen atoms in total. The third-order valence-electron chi connectivity index (χ3n) is 4.89. The number of pyridine rings is 1. The Balaban J connectivity index is 1.98. The van der Waals surface area contributed by atoms with Crippen molar-refractivity contribution in [2.45, 2.75) is 22.2 Å². The van der Waals surface area contributed by atoms with E-state index in [1.54, 1.807) is 0 Å². The van der Waals surface area contributed by atoms with E-state index in [9.17, 15) is 30.0 Å². The molecule has 0 fully saturated rings. The molecule has 4 rings (SSSR count). The molecule has 0 spiro atoms. The lowest BCUT2D eigenvalue weighted by atomic mass is 10.3. The fourth-order valence-electron chi connectivity index (χ4n) is 3.15. The second kappa shape index (κ2) is 7.62. The first kappa shape index (κ1) is 22.8. The molecule has 1 aromatic carbocycles. The number of fused-ring (bicyclic) bond motifs is 1. The van der Waals surface area contributed by atoms with Crippen molar-refractivity contribution in [3.05, 3.63) is 43.0 Å². The minimum absolute atomic E-state index is 0.0144. The van der Waals surface area contributed by atoms with E-state index in [1.807, 2.05) is 0 Å². The normalized spacial score (nSPS) is 13.0. The number of hydrogen-bond acceptors (Lipinski definition) is 8. The van der Waals surface area contributed by atoms with Crippen LogP contribution in [0.5, 0.6) is 0 Å². The van der Waals surface area contributed by atoms with Gasteiger partial charge >= 0.3 is 5.51 Å². The van der Waals surface area contributed by atoms with Gasteiger partial charge in [-0.1, -0.05) is 6.92 Å². The molecule has 0 aliphatic rings. The summed E-state index contributed by atoms with van der Waals surface area (Å²) in [5.41, 5.74) is -5.35. The van der Waals surface area contributed by atoms with Gasteiger partial charge in [0.1, 0.15) is 18.3 Å². The molecule has 0 unspecified atom stereocenters. The first-order chi connectivity index (χ1) is 15.4. The summed E-state index contributed by atoms with van der Waals surface area (Å²) in [6.07, 6.45) is 2.61. The zero-order chi connectivity index (χ0) is 24.2. The van der Waals surface area contributed by atoms with Crippen molar-refractivity contribution in [1.29, 1.82) is 0 Å². The summed E-state index contributed by atoms with van der Waals surface area (Å²) in [4.78, 5) is 11.3. The van der Waals surface area contributed by atoms with Crippen LogP contribution in [-0.2, 0) is 26.7 Å². The van der Waals surface area contributed by atoms with Crippen LogP contribution in [0.2, 0.25) is 0 Å². The summed E-state index contributed by atoms with van der Waals surface area (Å²) >= 11 is 0. The number of sulfone groups is 2. The Kier molecular flexibility index (Phi) is 5.28. The standard InChI is InChI=1S/C18H15F3N6O4S2/c1-3-32(28,29)14-6-7-15(27-10-22-9-23-27)25-16(14)17-24-12-8-11(4-5-13(12)26(17)2)33(30,31)18(19,20)21/h4-10H,3H2,1-2H3. The Morgan fingerprint density at radius 2 is 1.76 bits per heavy atom. The third kappa shape index (κ3) is 3.76. The average Bonchev–Trinajstić information content (AvgIpc) is 3.41. The molecule has 0 aliphatic carbocycles. The quantitative estimate of drug-likeness (QED) is 0.408. The lowest BCUT2D eigenvalue weighted by molar-refractivity contribution is -0.0435. The van der Waals surface area contributed by atoms with Gasteiger partial charge in [0.25, 0.3) is 9.84 Å². The summed E-state index contributed by atoms with van der Waals surface area (Å²) in [5.74, 6) is 0.00734. The van der Waals surface area contributed by atoms with Crippen LogP contribution in [0.1, 0.15) is 6.92 Å². The van der Waals surface area contributed by atoms with E-state index in [2.05, 4.69) is 20.1 Å². The van der Waals surface area contributed by atoms with Gasteiger partial charge in [-0.3, -0.25) is 0 Å². The second-order valence-electron chi connectivity index (χ2n) is 6.85. The molecule has 0 atom stereocenters. The van der Waals surface area contributed by atoms with E-state index in [1.165, 1.54) is 54.1 Å². The number of halogens is 3. The third-order valence-corrected chi connectivity index (χ3v) is 8.13. The topological polar surface area (TPSA) is 130 Å². The van der Waals surface area contributed by atoms with E-state index >= 15 is 0 Å². The van der Waals surface area contributed by atoms with Crippen molar-refractivity contribution in [1.82, 2.24) is 29.3 Å². The highest BCUT2D eigenvalue weighted by Crippen LogP contribution is 2.34. The lowest BCUT2D eigenvalue weighted by Gasteiger charge is -2.11. The van der Waals surface area contributed by atoms with Crippen molar-refractivity contribution in [2.24, 2.45) is 7.05 Å². The van der Waals surface area contributed by atoms with Crippen molar-refractivity contribution in [2.75, 3.05) is 5.75 Å². The Bertz CT molecular complexity index is 1580. The molecule has 174 valence electrons. The van der Waals surface area contributed by atoms with Crippen LogP contribution >= 0.6 is 0 Å². The highest BCUT2D eigenvalue weighted by molar-refractivity contribution is 7.92. The summed E-state index contributed by atoms with van der Waals surface area (Å²) in [6.45, 7) is 1.45. The fraction of sp³-hybridized carbons (Fsp3) is 0.222. The molecule has 33 heavy (non-hydrogen) atoms. The van der Waals surface area contributed by atoms with Crippen LogP contribution < -0.4 is 0 Å². The molecule has 0 amide bonds. The highest BCUT2D eigenvalue weighted by Gasteiger charge is 2.47. The van der Waals surface area contributed by atoms with Gasteiger partial charge in [-0.15, -0.1) is 0 Å². The van der Waals surface area contributed by atoms with Gasteiger partial charge in [-0.2, -0.15) is 18.3 Å². The van der Waals surface area contributed by atoms with Gasteiger partial charge in [0, 0.05) is 7.05 Å². The van der Waals surface area contributed by atoms with Crippen LogP contribution in [-0.4, -0.2) is 57.4 Å². The number of nitrogens with zero attached hydrogens (tertiary/aromatic N) is 6. The number of aryl methyl sites for hydroxylation is 1. The molecule has 0 saturated carbocycles. The van der Waals surface area contributed by atoms with Crippen LogP contribution in [0.3, 0.4) is 0 Å². The van der Waals surface area contributed by atoms with Gasteiger partial charge in [0.15, 0.2) is 21.5 Å². The second-order valence-corrected chi connectivity index (χ2v) is 11.0. The van der Waals surface area contributed by atoms with E-state index in [0.717, 1.165) is 12.1 Å². The minimum atomic E-state index is -5.59. The summed E-state index contributed by atoms with van der Waals surface area (Å²) in [6, 6.07) is 5.53. The van der Waals surface area contributed by atoms with Crippen molar-refractivity contribution in [3.8, 4) is 17.3 Å². The monoisotopic (exact) mass is 500 g/mol. The van der Waals surface area contributed by atoms with E-state index in [-0.39, 0.29) is 39.0 Å². The number of imidazole rings is 1. The fourth-order valence-corrected chi connectivity index (χ4v) is 4.95. The lowest BCUT2D eigenvalue weighted by Crippen LogP contribution is -2.23. The van der Waals surface area contributed by atoms with Gasteiger partial charge < -0.3 is 4.57 Å². The largest absolute Gasteiger partial charge is 0.501 e. The molecule has 4 aromatic rings. The zero-order valence-corrected chi connectivity index (χ0v) is 18.6. The first-order valence-corrected chi connectivity index (χ1v) is 12.4. The Labute approximate surface area is 185 Å². The molecular formula is C18H15F3N6O4S2. The predicted octanol–water partition coefficient (Wildman–Crippen LogP) is 2.30. The minimum Gasteiger partial charge on any atom is -0.326 e. The molecule has 0 radical (unpaired) electrons. The molecule has 0 bridgehead atoms. The Hall–Kier alpha value is -3.33. The van der Waals surface area contributed by atoms with Gasteiger partial charge in [0.05, 0.1) is 26.6 Å². The summed E-state index contributed by atoms with van der Waals surface area (Å²) in [5, 5.41) is 3.95. The highest BCUT2D eigenvalue weighted by atomic mass is 32.2. The SMILES string of the molecule is CCS(=O)(=O)c1ccc(-n2cncn2)nc1-c1nc2cc(S(=O)(=O)C(F)(F)F)ccc2n1C. The molecule has 0 aliphatic heterocycles. The summed E-state index contributed by atoms with van der Waals surface area (Å²) in [7, 11) is -7.85. The molecule has 15 heteroatoms. The number of rotatable bonds is 5. The average molecular weight is 500 g/mol. The first-order valence-electron chi connectivity index (χ1n) is 9.24. The zero-order valence-electron chi connectivity index (χ0n) is 17.0. The van der Waals surface area contributed by atoms with Crippen LogP contribution in [0, 0.1) is 0 Å². The van der Waals surface area contributed by atoms with E-state index < -0.39 is 30.1 Å². The predicted molar refractivity (Wildman–Crippen MR) is 110 cm³/mol. The van der Waals surface area contributed by atoms with Crippen molar-refractivity contribution in [3.63, 3.8) is 0 Å². The molecule has 0 N–H and O–H groups in total. The van der Waals surface area contributed by atoms with E-state index in [0.29, 0.717) is 0 Å². The maximum atomic E-state index is 13.0. The van der Waals surface area contributed by atoms with Crippen LogP contribution in [0.15, 0.2) is 52.8 Å². The maximum Gasteiger partial charge on any atom is 0.501 e. The van der Waals surface area contributed by atoms with Gasteiger partial charge in [0.2, 0.25) is 0 Å². The van der Waals surface area contributed by atoms with Crippen molar-refractivity contribution < 1.29 is 30.0 Å². The number of alkyl halides is 3. The Morgan fingerprint density at radius 3 is 2.36 bits per heavy atom. The Morgan fingerprint density at radius 1 is 1.03 bits per heavy atom. The van der Waals surface area contributed by atoms with Gasteiger partial charge in [-0.05, 0) is 30.3 Å².